The van der Waals surface area contributed by atoms with Crippen LogP contribution in [0.3, 0.4) is 0 Å². The molecule has 123 valence electrons. The molecule has 0 aromatic heterocycles. The molecule has 2 fully saturated rings. The van der Waals surface area contributed by atoms with E-state index >= 15 is 0 Å². The molecule has 0 spiro atoms. The van der Waals surface area contributed by atoms with Gasteiger partial charge in [-0.1, -0.05) is 0 Å². The van der Waals surface area contributed by atoms with Crippen LogP contribution in [-0.2, 0) is 20.0 Å². The summed E-state index contributed by atoms with van der Waals surface area (Å²) in [5.74, 6) is 0. The third-order valence-electron chi connectivity index (χ3n) is 3.81. The van der Waals surface area contributed by atoms with Crippen molar-refractivity contribution in [3.63, 3.8) is 0 Å². The molecule has 0 amide bonds. The van der Waals surface area contributed by atoms with E-state index in [1.165, 1.54) is 21.1 Å². The van der Waals surface area contributed by atoms with Crippen LogP contribution in [0.4, 0.5) is 0 Å². The normalized spacial score (nSPS) is 25.0. The van der Waals surface area contributed by atoms with Gasteiger partial charge in [-0.2, -0.15) is 8.61 Å². The van der Waals surface area contributed by atoms with Crippen LogP contribution >= 0.6 is 0 Å². The molecule has 0 saturated carbocycles. The summed E-state index contributed by atoms with van der Waals surface area (Å²) in [6.07, 6.45) is 2.50. The van der Waals surface area contributed by atoms with E-state index in [9.17, 15) is 16.8 Å². The summed E-state index contributed by atoms with van der Waals surface area (Å²) >= 11 is -0.0445. The summed E-state index contributed by atoms with van der Waals surface area (Å²) in [5.41, 5.74) is 0. The SMILES string of the molecule is CS(=O)(=O)N1CC[N]([Al][N]2CCN(S(C)(=O)=O)CC2)CC1.[HH]. The largest absolute Gasteiger partial charge is 0.455 e. The van der Waals surface area contributed by atoms with Crippen LogP contribution < -0.4 is 0 Å². The molecule has 8 nitrogen and oxygen atoms in total. The fraction of sp³-hybridized carbons (Fsp3) is 1.00. The maximum absolute atomic E-state index is 11.5. The second kappa shape index (κ2) is 6.80. The fourth-order valence-electron chi connectivity index (χ4n) is 2.53. The molecule has 1 radical (unpaired) electrons. The third kappa shape index (κ3) is 5.14. The lowest BCUT2D eigenvalue weighted by molar-refractivity contribution is 0.234. The first-order valence-electron chi connectivity index (χ1n) is 6.89. The average Bonchev–Trinajstić information content (AvgIpc) is 2.38. The minimum atomic E-state index is -3.08. The maximum Gasteiger partial charge on any atom is 0.455 e. The van der Waals surface area contributed by atoms with Crippen molar-refractivity contribution in [3.8, 4) is 0 Å². The molecule has 0 aromatic carbocycles. The van der Waals surface area contributed by atoms with Crippen LogP contribution in [-0.4, -0.2) is 114 Å². The van der Waals surface area contributed by atoms with Crippen molar-refractivity contribution < 1.29 is 18.3 Å². The second-order valence-electron chi connectivity index (χ2n) is 5.51. The lowest BCUT2D eigenvalue weighted by Crippen LogP contribution is -2.57. The third-order valence-corrected chi connectivity index (χ3v) is 8.10. The van der Waals surface area contributed by atoms with Gasteiger partial charge in [0.2, 0.25) is 20.0 Å². The standard InChI is InChI=1S/2C5H11N2O2S.Al.H2/c2*1-10(8,9)7-4-2-6-3-5-7;;/h2*2-5H2,1H3;;1H/q2*-1;+2;. The Morgan fingerprint density at radius 1 is 0.667 bits per heavy atom. The van der Waals surface area contributed by atoms with E-state index in [2.05, 4.69) is 7.77 Å². The van der Waals surface area contributed by atoms with Crippen molar-refractivity contribution in [2.45, 2.75) is 0 Å². The fourth-order valence-corrected chi connectivity index (χ4v) is 5.57. The Morgan fingerprint density at radius 3 is 1.19 bits per heavy atom. The van der Waals surface area contributed by atoms with Crippen LogP contribution in [0.2, 0.25) is 0 Å². The molecule has 0 aliphatic carbocycles. The number of hydrogen-bond donors (Lipinski definition) is 0. The van der Waals surface area contributed by atoms with Gasteiger partial charge in [0.05, 0.1) is 12.5 Å². The van der Waals surface area contributed by atoms with Crippen LogP contribution in [0.5, 0.6) is 0 Å². The molecular formula is C10H24AlN4O4S2. The smallest absolute Gasteiger partial charge is 0.376 e. The van der Waals surface area contributed by atoms with Gasteiger partial charge in [-0.05, 0) is 26.2 Å². The summed E-state index contributed by atoms with van der Waals surface area (Å²) in [6, 6.07) is 0. The summed E-state index contributed by atoms with van der Waals surface area (Å²) in [7, 11) is -6.15. The van der Waals surface area contributed by atoms with Crippen LogP contribution in [0, 0.1) is 0 Å². The molecule has 0 aromatic rings. The molecule has 2 aliphatic rings. The van der Waals surface area contributed by atoms with Gasteiger partial charge in [0.1, 0.15) is 0 Å². The molecule has 11 heteroatoms. The number of hydrogen-bond acceptors (Lipinski definition) is 6. The lowest BCUT2D eigenvalue weighted by atomic mass is 10.4. The van der Waals surface area contributed by atoms with E-state index in [1.807, 2.05) is 0 Å². The number of nitrogens with zero attached hydrogens (tertiary/aromatic N) is 4. The minimum Gasteiger partial charge on any atom is -0.376 e. The van der Waals surface area contributed by atoms with Gasteiger partial charge in [0.15, 0.2) is 0 Å². The maximum atomic E-state index is 11.5. The van der Waals surface area contributed by atoms with Crippen LogP contribution in [0.1, 0.15) is 1.43 Å². The Kier molecular flexibility index (Phi) is 5.71. The zero-order chi connectivity index (χ0) is 15.7. The molecule has 2 saturated heterocycles. The van der Waals surface area contributed by atoms with Gasteiger partial charge >= 0.3 is 15.7 Å². The summed E-state index contributed by atoms with van der Waals surface area (Å²) < 4.78 is 53.5. The highest BCUT2D eigenvalue weighted by atomic mass is 32.2. The van der Waals surface area contributed by atoms with Gasteiger partial charge in [-0.3, -0.25) is 0 Å². The summed E-state index contributed by atoms with van der Waals surface area (Å²) in [6.45, 7) is 5.24. The van der Waals surface area contributed by atoms with E-state index < -0.39 is 20.0 Å². The predicted octanol–water partition coefficient (Wildman–Crippen LogP) is -2.08. The summed E-state index contributed by atoms with van der Waals surface area (Å²) in [4.78, 5) is 0. The van der Waals surface area contributed by atoms with E-state index in [0.717, 1.165) is 26.2 Å². The highest BCUT2D eigenvalue weighted by Crippen LogP contribution is 2.09. The van der Waals surface area contributed by atoms with Crippen molar-refractivity contribution in [1.29, 1.82) is 0 Å². The Balaban J connectivity index is 0.00000242. The second-order valence-corrected chi connectivity index (χ2v) is 11.2. The van der Waals surface area contributed by atoms with Gasteiger partial charge in [0.25, 0.3) is 0 Å². The van der Waals surface area contributed by atoms with Crippen molar-refractivity contribution >= 4 is 35.7 Å². The molecular weight excluding hydrogens is 331 g/mol. The molecule has 0 atom stereocenters. The lowest BCUT2D eigenvalue weighted by Gasteiger charge is -2.39. The van der Waals surface area contributed by atoms with Crippen LogP contribution in [0.25, 0.3) is 0 Å². The van der Waals surface area contributed by atoms with Gasteiger partial charge < -0.3 is 7.77 Å². The monoisotopic (exact) mass is 355 g/mol. The Bertz CT molecular complexity index is 507. The number of piperazine rings is 2. The molecule has 2 aliphatic heterocycles. The minimum absolute atomic E-state index is 0. The summed E-state index contributed by atoms with van der Waals surface area (Å²) in [5, 5.41) is 0. The van der Waals surface area contributed by atoms with Gasteiger partial charge in [-0.15, -0.1) is 0 Å². The Labute approximate surface area is 135 Å². The van der Waals surface area contributed by atoms with Gasteiger partial charge in [0, 0.05) is 27.6 Å². The Morgan fingerprint density at radius 2 is 0.952 bits per heavy atom. The van der Waals surface area contributed by atoms with Crippen molar-refractivity contribution in [2.75, 3.05) is 64.9 Å². The first kappa shape index (κ1) is 17.6. The molecule has 21 heavy (non-hydrogen) atoms. The van der Waals surface area contributed by atoms with Crippen molar-refractivity contribution in [2.24, 2.45) is 0 Å². The molecule has 0 bridgehead atoms. The van der Waals surface area contributed by atoms with E-state index in [-0.39, 0.29) is 17.1 Å². The Hall–Kier alpha value is 0.272. The van der Waals surface area contributed by atoms with E-state index in [4.69, 9.17) is 0 Å². The highest BCUT2D eigenvalue weighted by Gasteiger charge is 2.28. The van der Waals surface area contributed by atoms with Crippen molar-refractivity contribution in [3.05, 3.63) is 0 Å². The molecule has 2 rings (SSSR count). The average molecular weight is 355 g/mol. The molecule has 0 N–H and O–H groups in total. The van der Waals surface area contributed by atoms with E-state index in [1.54, 1.807) is 0 Å². The zero-order valence-corrected chi connectivity index (χ0v) is 15.3. The zero-order valence-electron chi connectivity index (χ0n) is 12.5. The van der Waals surface area contributed by atoms with Crippen molar-refractivity contribution in [1.82, 2.24) is 16.4 Å². The highest BCUT2D eigenvalue weighted by molar-refractivity contribution is 7.88. The quantitative estimate of drug-likeness (QED) is 0.539. The van der Waals surface area contributed by atoms with Gasteiger partial charge in [-0.25, -0.2) is 16.8 Å². The topological polar surface area (TPSA) is 81.2 Å². The van der Waals surface area contributed by atoms with Crippen LogP contribution in [0.15, 0.2) is 0 Å². The molecule has 2 heterocycles. The predicted molar refractivity (Wildman–Crippen MR) is 83.8 cm³/mol. The first-order valence-corrected chi connectivity index (χ1v) is 11.6. The number of sulfonamides is 2. The first-order chi connectivity index (χ1) is 9.66. The van der Waals surface area contributed by atoms with E-state index in [0.29, 0.717) is 26.2 Å². The molecule has 0 unspecified atom stereocenters. The number of rotatable bonds is 4.